The minimum Gasteiger partial charge on any atom is -0.497 e. The molecule has 0 saturated carbocycles. The molecule has 0 aliphatic carbocycles. The van der Waals surface area contributed by atoms with Gasteiger partial charge < -0.3 is 10.1 Å². The number of benzene rings is 2. The van der Waals surface area contributed by atoms with E-state index in [1.807, 2.05) is 30.3 Å². The molecule has 0 fully saturated rings. The molecule has 19 heavy (non-hydrogen) atoms. The van der Waals surface area contributed by atoms with E-state index in [0.29, 0.717) is 0 Å². The number of ether oxygens (including phenoxy) is 1. The van der Waals surface area contributed by atoms with Crippen molar-refractivity contribution >= 4 is 17.4 Å². The Morgan fingerprint density at radius 3 is 2.26 bits per heavy atom. The van der Waals surface area contributed by atoms with Gasteiger partial charge in [0.25, 0.3) is 0 Å². The zero-order valence-electron chi connectivity index (χ0n) is 11.0. The Kier molecular flexibility index (Phi) is 4.03. The van der Waals surface area contributed by atoms with Crippen molar-refractivity contribution in [2.75, 3.05) is 24.4 Å². The average Bonchev–Trinajstić information content (AvgIpc) is 2.48. The Morgan fingerprint density at radius 1 is 1.05 bits per heavy atom. The highest BCUT2D eigenvalue weighted by Crippen LogP contribution is 2.17. The van der Waals surface area contributed by atoms with Gasteiger partial charge >= 0.3 is 6.03 Å². The molecule has 0 heterocycles. The molecule has 0 bridgehead atoms. The zero-order chi connectivity index (χ0) is 13.7. The van der Waals surface area contributed by atoms with E-state index in [1.165, 1.54) is 0 Å². The molecule has 0 saturated heterocycles. The molecule has 4 heteroatoms. The first-order chi connectivity index (χ1) is 9.20. The van der Waals surface area contributed by atoms with E-state index in [-0.39, 0.29) is 6.03 Å². The lowest BCUT2D eigenvalue weighted by Crippen LogP contribution is -2.31. The van der Waals surface area contributed by atoms with Crippen molar-refractivity contribution in [2.24, 2.45) is 0 Å². The molecule has 0 aromatic heterocycles. The number of hydrogen-bond acceptors (Lipinski definition) is 2. The maximum Gasteiger partial charge on any atom is 0.326 e. The first kappa shape index (κ1) is 13.0. The third-order valence-electron chi connectivity index (χ3n) is 2.79. The first-order valence-corrected chi connectivity index (χ1v) is 5.94. The van der Waals surface area contributed by atoms with Crippen LogP contribution in [0.1, 0.15) is 0 Å². The Bertz CT molecular complexity index is 538. The monoisotopic (exact) mass is 256 g/mol. The third kappa shape index (κ3) is 3.25. The summed E-state index contributed by atoms with van der Waals surface area (Å²) < 4.78 is 5.07. The standard InChI is InChI=1S/C15H16N2O2/c1-17(13-6-4-3-5-7-13)15(18)16-12-8-10-14(19-2)11-9-12/h3-11H,1-2H3,(H,16,18). The SMILES string of the molecule is COc1ccc(NC(=O)N(C)c2ccccc2)cc1. The molecule has 0 spiro atoms. The molecule has 2 aromatic rings. The molecule has 0 unspecified atom stereocenters. The van der Waals surface area contributed by atoms with Crippen LogP contribution in [0.3, 0.4) is 0 Å². The summed E-state index contributed by atoms with van der Waals surface area (Å²) in [4.78, 5) is 13.6. The van der Waals surface area contributed by atoms with Gasteiger partial charge in [-0.15, -0.1) is 0 Å². The maximum absolute atomic E-state index is 12.1. The predicted molar refractivity (Wildman–Crippen MR) is 76.9 cm³/mol. The molecule has 2 amide bonds. The van der Waals surface area contributed by atoms with Crippen molar-refractivity contribution in [2.45, 2.75) is 0 Å². The number of amides is 2. The number of rotatable bonds is 3. The fourth-order valence-electron chi connectivity index (χ4n) is 1.65. The molecule has 2 aromatic carbocycles. The highest BCUT2D eigenvalue weighted by molar-refractivity contribution is 6.01. The van der Waals surface area contributed by atoms with Gasteiger partial charge in [0.1, 0.15) is 5.75 Å². The number of nitrogens with zero attached hydrogens (tertiary/aromatic N) is 1. The number of methoxy groups -OCH3 is 1. The molecule has 0 aliphatic rings. The second-order valence-electron chi connectivity index (χ2n) is 4.05. The number of nitrogens with one attached hydrogen (secondary N) is 1. The van der Waals surface area contributed by atoms with Gasteiger partial charge in [-0.1, -0.05) is 18.2 Å². The number of para-hydroxylation sites is 1. The van der Waals surface area contributed by atoms with Gasteiger partial charge in [0.15, 0.2) is 0 Å². The van der Waals surface area contributed by atoms with Gasteiger partial charge in [-0.05, 0) is 36.4 Å². The van der Waals surface area contributed by atoms with Crippen LogP contribution >= 0.6 is 0 Å². The van der Waals surface area contributed by atoms with E-state index in [2.05, 4.69) is 5.32 Å². The molecule has 0 radical (unpaired) electrons. The van der Waals surface area contributed by atoms with Crippen LogP contribution in [0, 0.1) is 0 Å². The lowest BCUT2D eigenvalue weighted by Gasteiger charge is -2.18. The minimum absolute atomic E-state index is 0.184. The lowest BCUT2D eigenvalue weighted by atomic mass is 10.3. The van der Waals surface area contributed by atoms with Crippen LogP contribution in [0.15, 0.2) is 54.6 Å². The Hall–Kier alpha value is -2.49. The summed E-state index contributed by atoms with van der Waals surface area (Å²) in [6.07, 6.45) is 0. The molecule has 2 rings (SSSR count). The van der Waals surface area contributed by atoms with E-state index >= 15 is 0 Å². The van der Waals surface area contributed by atoms with E-state index in [9.17, 15) is 4.79 Å². The predicted octanol–water partition coefficient (Wildman–Crippen LogP) is 3.36. The summed E-state index contributed by atoms with van der Waals surface area (Å²) in [5.74, 6) is 0.759. The Balaban J connectivity index is 2.04. The highest BCUT2D eigenvalue weighted by atomic mass is 16.5. The smallest absolute Gasteiger partial charge is 0.326 e. The summed E-state index contributed by atoms with van der Waals surface area (Å²) in [6.45, 7) is 0. The number of carbonyl (C=O) groups excluding carboxylic acids is 1. The van der Waals surface area contributed by atoms with Gasteiger partial charge in [-0.3, -0.25) is 4.90 Å². The van der Waals surface area contributed by atoms with Crippen LogP contribution in [0.5, 0.6) is 5.75 Å². The summed E-state index contributed by atoms with van der Waals surface area (Å²) in [5, 5.41) is 2.82. The average molecular weight is 256 g/mol. The summed E-state index contributed by atoms with van der Waals surface area (Å²) in [5.41, 5.74) is 1.57. The van der Waals surface area contributed by atoms with Crippen LogP contribution in [0.25, 0.3) is 0 Å². The molecule has 98 valence electrons. The Labute approximate surface area is 112 Å². The van der Waals surface area contributed by atoms with E-state index < -0.39 is 0 Å². The van der Waals surface area contributed by atoms with Crippen LogP contribution < -0.4 is 15.0 Å². The Morgan fingerprint density at radius 2 is 1.68 bits per heavy atom. The lowest BCUT2D eigenvalue weighted by molar-refractivity contribution is 0.258. The van der Waals surface area contributed by atoms with E-state index in [0.717, 1.165) is 17.1 Å². The van der Waals surface area contributed by atoms with Gasteiger partial charge in [0, 0.05) is 18.4 Å². The summed E-state index contributed by atoms with van der Waals surface area (Å²) in [6, 6.07) is 16.5. The van der Waals surface area contributed by atoms with Crippen molar-refractivity contribution in [3.8, 4) is 5.75 Å². The van der Waals surface area contributed by atoms with Gasteiger partial charge in [0.05, 0.1) is 7.11 Å². The van der Waals surface area contributed by atoms with E-state index in [4.69, 9.17) is 4.74 Å². The number of urea groups is 1. The van der Waals surface area contributed by atoms with Crippen molar-refractivity contribution in [3.63, 3.8) is 0 Å². The van der Waals surface area contributed by atoms with E-state index in [1.54, 1.807) is 43.3 Å². The van der Waals surface area contributed by atoms with Crippen molar-refractivity contribution in [3.05, 3.63) is 54.6 Å². The molecular weight excluding hydrogens is 240 g/mol. The fraction of sp³-hybridized carbons (Fsp3) is 0.133. The van der Waals surface area contributed by atoms with Crippen LogP contribution in [-0.4, -0.2) is 20.2 Å². The number of carbonyl (C=O) groups is 1. The molecule has 0 atom stereocenters. The van der Waals surface area contributed by atoms with Gasteiger partial charge in [-0.2, -0.15) is 0 Å². The van der Waals surface area contributed by atoms with Crippen LogP contribution in [0.2, 0.25) is 0 Å². The quantitative estimate of drug-likeness (QED) is 0.914. The van der Waals surface area contributed by atoms with Crippen molar-refractivity contribution < 1.29 is 9.53 Å². The molecule has 4 nitrogen and oxygen atoms in total. The summed E-state index contributed by atoms with van der Waals surface area (Å²) >= 11 is 0. The summed E-state index contributed by atoms with van der Waals surface area (Å²) in [7, 11) is 3.34. The number of anilines is 2. The first-order valence-electron chi connectivity index (χ1n) is 5.94. The maximum atomic E-state index is 12.1. The van der Waals surface area contributed by atoms with Crippen molar-refractivity contribution in [1.29, 1.82) is 0 Å². The third-order valence-corrected chi connectivity index (χ3v) is 2.79. The normalized spacial score (nSPS) is 9.79. The van der Waals surface area contributed by atoms with Crippen LogP contribution in [0.4, 0.5) is 16.2 Å². The van der Waals surface area contributed by atoms with Gasteiger partial charge in [-0.25, -0.2) is 4.79 Å². The highest BCUT2D eigenvalue weighted by Gasteiger charge is 2.10. The molecular formula is C15H16N2O2. The minimum atomic E-state index is -0.184. The fourth-order valence-corrected chi connectivity index (χ4v) is 1.65. The molecule has 0 aliphatic heterocycles. The second kappa shape index (κ2) is 5.91. The zero-order valence-corrected chi connectivity index (χ0v) is 11.0. The second-order valence-corrected chi connectivity index (χ2v) is 4.05. The topological polar surface area (TPSA) is 41.6 Å². The largest absolute Gasteiger partial charge is 0.497 e. The molecule has 1 N–H and O–H groups in total. The number of hydrogen-bond donors (Lipinski definition) is 1. The van der Waals surface area contributed by atoms with Crippen molar-refractivity contribution in [1.82, 2.24) is 0 Å². The van der Waals surface area contributed by atoms with Crippen LogP contribution in [-0.2, 0) is 0 Å². The van der Waals surface area contributed by atoms with Gasteiger partial charge in [0.2, 0.25) is 0 Å².